The van der Waals surface area contributed by atoms with Gasteiger partial charge in [-0.05, 0) is 30.2 Å². The van der Waals surface area contributed by atoms with Gasteiger partial charge in [0, 0.05) is 6.07 Å². The average Bonchev–Trinajstić information content (AvgIpc) is 3.01. The number of ether oxygens (including phenoxy) is 1. The Balaban J connectivity index is 1.67. The van der Waals surface area contributed by atoms with Gasteiger partial charge in [-0.2, -0.15) is 5.10 Å². The molecule has 3 rings (SSSR count). The summed E-state index contributed by atoms with van der Waals surface area (Å²) in [5, 5.41) is 7.09. The maximum Gasteiger partial charge on any atom is 0.229 e. The van der Waals surface area contributed by atoms with Gasteiger partial charge >= 0.3 is 0 Å². The number of aryl methyl sites for hydroxylation is 1. The van der Waals surface area contributed by atoms with E-state index in [0.29, 0.717) is 17.9 Å². The lowest BCUT2D eigenvalue weighted by Crippen LogP contribution is -2.18. The highest BCUT2D eigenvalue weighted by Crippen LogP contribution is 2.18. The van der Waals surface area contributed by atoms with Crippen molar-refractivity contribution in [2.75, 3.05) is 12.4 Å². The number of hydrogen-bond donors (Lipinski definition) is 1. The molecule has 0 aliphatic heterocycles. The molecule has 2 aromatic carbocycles. The summed E-state index contributed by atoms with van der Waals surface area (Å²) in [5.41, 5.74) is 2.84. The lowest BCUT2D eigenvalue weighted by molar-refractivity contribution is -0.115. The molecule has 0 fully saturated rings. The topological polar surface area (TPSA) is 56.1 Å². The maximum atomic E-state index is 13.7. The minimum absolute atomic E-state index is 0.0660. The normalized spacial score (nSPS) is 10.6. The number of carbonyl (C=O) groups excluding carboxylic acids is 1. The van der Waals surface area contributed by atoms with Gasteiger partial charge in [0.25, 0.3) is 0 Å². The van der Waals surface area contributed by atoms with E-state index in [1.54, 1.807) is 23.0 Å². The van der Waals surface area contributed by atoms with Crippen molar-refractivity contribution >= 4 is 11.7 Å². The van der Waals surface area contributed by atoms with Crippen LogP contribution in [0.25, 0.3) is 0 Å². The van der Waals surface area contributed by atoms with Gasteiger partial charge in [-0.3, -0.25) is 4.79 Å². The van der Waals surface area contributed by atoms with Crippen LogP contribution in [0.5, 0.6) is 5.75 Å². The Morgan fingerprint density at radius 2 is 2.04 bits per heavy atom. The van der Waals surface area contributed by atoms with Crippen LogP contribution in [0.1, 0.15) is 16.7 Å². The summed E-state index contributed by atoms with van der Waals surface area (Å²) >= 11 is 0. The van der Waals surface area contributed by atoms with Crippen LogP contribution in [-0.2, 0) is 17.8 Å². The van der Waals surface area contributed by atoms with E-state index in [1.807, 2.05) is 25.1 Å². The van der Waals surface area contributed by atoms with Gasteiger partial charge in [-0.25, -0.2) is 9.07 Å². The van der Waals surface area contributed by atoms with Gasteiger partial charge < -0.3 is 10.1 Å². The highest BCUT2D eigenvalue weighted by atomic mass is 19.1. The van der Waals surface area contributed by atoms with Gasteiger partial charge in [0.2, 0.25) is 5.91 Å². The van der Waals surface area contributed by atoms with E-state index in [0.717, 1.165) is 5.56 Å². The van der Waals surface area contributed by atoms with Crippen LogP contribution in [0, 0.1) is 12.7 Å². The first kappa shape index (κ1) is 17.7. The van der Waals surface area contributed by atoms with Crippen molar-refractivity contribution in [1.29, 1.82) is 0 Å². The van der Waals surface area contributed by atoms with E-state index in [9.17, 15) is 9.18 Å². The molecule has 0 aliphatic carbocycles. The molecule has 0 bridgehead atoms. The minimum atomic E-state index is -0.484. The molecule has 0 atom stereocenters. The largest absolute Gasteiger partial charge is 0.494 e. The van der Waals surface area contributed by atoms with Crippen LogP contribution in [-0.4, -0.2) is 22.8 Å². The van der Waals surface area contributed by atoms with Crippen LogP contribution in [0.2, 0.25) is 0 Å². The zero-order valence-corrected chi connectivity index (χ0v) is 14.7. The number of nitrogens with zero attached hydrogens (tertiary/aromatic N) is 2. The van der Waals surface area contributed by atoms with Crippen molar-refractivity contribution in [3.63, 3.8) is 0 Å². The molecule has 0 aliphatic rings. The maximum absolute atomic E-state index is 13.7. The molecular weight excluding hydrogens is 333 g/mol. The Morgan fingerprint density at radius 3 is 2.77 bits per heavy atom. The minimum Gasteiger partial charge on any atom is -0.494 e. The summed E-state index contributed by atoms with van der Waals surface area (Å²) < 4.78 is 20.4. The third-order valence-electron chi connectivity index (χ3n) is 3.98. The number of halogens is 1. The lowest BCUT2D eigenvalue weighted by atomic mass is 10.1. The van der Waals surface area contributed by atoms with E-state index in [1.165, 1.54) is 24.8 Å². The van der Waals surface area contributed by atoms with Crippen LogP contribution >= 0.6 is 0 Å². The SMILES string of the molecule is COc1ccc(CC(=O)Nc2ccnn2Cc2cccc(C)c2)cc1F. The monoisotopic (exact) mass is 353 g/mol. The second-order valence-corrected chi connectivity index (χ2v) is 6.06. The number of anilines is 1. The van der Waals surface area contributed by atoms with Gasteiger partial charge in [0.15, 0.2) is 11.6 Å². The first-order valence-corrected chi connectivity index (χ1v) is 8.25. The third kappa shape index (κ3) is 4.27. The smallest absolute Gasteiger partial charge is 0.229 e. The third-order valence-corrected chi connectivity index (χ3v) is 3.98. The fourth-order valence-corrected chi connectivity index (χ4v) is 2.74. The number of aromatic nitrogens is 2. The molecule has 0 spiro atoms. The van der Waals surface area contributed by atoms with Crippen molar-refractivity contribution in [3.05, 3.63) is 77.2 Å². The predicted octanol–water partition coefficient (Wildman–Crippen LogP) is 3.57. The van der Waals surface area contributed by atoms with E-state index in [4.69, 9.17) is 4.74 Å². The highest BCUT2D eigenvalue weighted by Gasteiger charge is 2.11. The molecular formula is C20H20FN3O2. The number of nitrogens with one attached hydrogen (secondary N) is 1. The van der Waals surface area contributed by atoms with Crippen molar-refractivity contribution in [1.82, 2.24) is 9.78 Å². The lowest BCUT2D eigenvalue weighted by Gasteiger charge is -2.10. The number of rotatable bonds is 6. The van der Waals surface area contributed by atoms with E-state index >= 15 is 0 Å². The summed E-state index contributed by atoms with van der Waals surface area (Å²) in [6.45, 7) is 2.59. The molecule has 3 aromatic rings. The molecule has 26 heavy (non-hydrogen) atoms. The molecule has 1 amide bonds. The summed E-state index contributed by atoms with van der Waals surface area (Å²) in [4.78, 5) is 12.3. The van der Waals surface area contributed by atoms with Crippen molar-refractivity contribution in [2.45, 2.75) is 19.9 Å². The fraction of sp³-hybridized carbons (Fsp3) is 0.200. The van der Waals surface area contributed by atoms with Crippen LogP contribution < -0.4 is 10.1 Å². The molecule has 0 saturated heterocycles. The van der Waals surface area contributed by atoms with Gasteiger partial charge in [0.1, 0.15) is 5.82 Å². The molecule has 0 radical (unpaired) electrons. The Hall–Kier alpha value is -3.15. The Labute approximate surface area is 151 Å². The van der Waals surface area contributed by atoms with Crippen LogP contribution in [0.15, 0.2) is 54.7 Å². The molecule has 1 aromatic heterocycles. The molecule has 134 valence electrons. The number of amides is 1. The summed E-state index contributed by atoms with van der Waals surface area (Å²) in [6, 6.07) is 14.3. The van der Waals surface area contributed by atoms with E-state index < -0.39 is 5.82 Å². The second kappa shape index (κ2) is 7.82. The molecule has 5 nitrogen and oxygen atoms in total. The Morgan fingerprint density at radius 1 is 1.19 bits per heavy atom. The average molecular weight is 353 g/mol. The first-order valence-electron chi connectivity index (χ1n) is 8.25. The number of carbonyl (C=O) groups is 1. The fourth-order valence-electron chi connectivity index (χ4n) is 2.74. The van der Waals surface area contributed by atoms with Crippen molar-refractivity contribution < 1.29 is 13.9 Å². The molecule has 1 heterocycles. The van der Waals surface area contributed by atoms with Crippen LogP contribution in [0.4, 0.5) is 10.2 Å². The zero-order valence-electron chi connectivity index (χ0n) is 14.7. The number of methoxy groups -OCH3 is 1. The summed E-state index contributed by atoms with van der Waals surface area (Å²) in [7, 11) is 1.40. The van der Waals surface area contributed by atoms with E-state index in [2.05, 4.69) is 16.5 Å². The molecule has 6 heteroatoms. The number of hydrogen-bond acceptors (Lipinski definition) is 3. The van der Waals surface area contributed by atoms with Gasteiger partial charge in [-0.1, -0.05) is 35.9 Å². The molecule has 0 unspecified atom stereocenters. The van der Waals surface area contributed by atoms with Crippen molar-refractivity contribution in [2.24, 2.45) is 0 Å². The zero-order chi connectivity index (χ0) is 18.5. The predicted molar refractivity (Wildman–Crippen MR) is 97.8 cm³/mol. The Bertz CT molecular complexity index is 921. The van der Waals surface area contributed by atoms with Crippen molar-refractivity contribution in [3.8, 4) is 5.75 Å². The highest BCUT2D eigenvalue weighted by molar-refractivity contribution is 5.91. The summed E-state index contributed by atoms with van der Waals surface area (Å²) in [5.74, 6) is 0.0405. The number of benzene rings is 2. The molecule has 1 N–H and O–H groups in total. The van der Waals surface area contributed by atoms with Gasteiger partial charge in [-0.15, -0.1) is 0 Å². The standard InChI is InChI=1S/C20H20FN3O2/c1-14-4-3-5-16(10-14)13-24-19(8-9-22-24)23-20(25)12-15-6-7-18(26-2)17(21)11-15/h3-11H,12-13H2,1-2H3,(H,23,25). The first-order chi connectivity index (χ1) is 12.5. The van der Waals surface area contributed by atoms with Gasteiger partial charge in [0.05, 0.1) is 26.3 Å². The molecule has 0 saturated carbocycles. The quantitative estimate of drug-likeness (QED) is 0.737. The summed E-state index contributed by atoms with van der Waals surface area (Å²) in [6.07, 6.45) is 1.70. The Kier molecular flexibility index (Phi) is 5.31. The van der Waals surface area contributed by atoms with Crippen LogP contribution in [0.3, 0.4) is 0 Å². The van der Waals surface area contributed by atoms with E-state index in [-0.39, 0.29) is 18.1 Å². The second-order valence-electron chi connectivity index (χ2n) is 6.06.